The first-order valence-corrected chi connectivity index (χ1v) is 8.59. The fraction of sp³-hybridized carbons (Fsp3) is 0.500. The molecule has 24 heavy (non-hydrogen) atoms. The van der Waals surface area contributed by atoms with Crippen molar-refractivity contribution in [1.82, 2.24) is 24.6 Å². The number of carbonyl (C=O) groups is 1. The second-order valence-corrected chi connectivity index (χ2v) is 6.28. The number of aromatic nitrogens is 3. The molecule has 0 saturated carbocycles. The Kier molecular flexibility index (Phi) is 5.25. The van der Waals surface area contributed by atoms with Crippen molar-refractivity contribution in [3.05, 3.63) is 48.0 Å². The van der Waals surface area contributed by atoms with Gasteiger partial charge in [0, 0.05) is 51.3 Å². The molecule has 1 fully saturated rings. The van der Waals surface area contributed by atoms with Crippen molar-refractivity contribution >= 4 is 5.91 Å². The third kappa shape index (κ3) is 3.64. The van der Waals surface area contributed by atoms with E-state index in [1.54, 1.807) is 10.9 Å². The maximum atomic E-state index is 12.8. The molecule has 0 spiro atoms. The van der Waals surface area contributed by atoms with Gasteiger partial charge in [0.05, 0.1) is 5.69 Å². The van der Waals surface area contributed by atoms with Gasteiger partial charge in [-0.05, 0) is 31.0 Å². The lowest BCUT2D eigenvalue weighted by molar-refractivity contribution is -0.137. The molecule has 0 N–H and O–H groups in total. The number of piperazine rings is 1. The van der Waals surface area contributed by atoms with Crippen molar-refractivity contribution in [2.75, 3.05) is 26.2 Å². The van der Waals surface area contributed by atoms with Crippen LogP contribution in [0.1, 0.15) is 30.6 Å². The summed E-state index contributed by atoms with van der Waals surface area (Å²) in [5, 5.41) is 4.23. The second kappa shape index (κ2) is 7.57. The van der Waals surface area contributed by atoms with Gasteiger partial charge in [-0.1, -0.05) is 13.0 Å². The number of pyridine rings is 1. The van der Waals surface area contributed by atoms with E-state index in [4.69, 9.17) is 0 Å². The van der Waals surface area contributed by atoms with Gasteiger partial charge in [0.2, 0.25) is 5.91 Å². The van der Waals surface area contributed by atoms with Gasteiger partial charge < -0.3 is 4.90 Å². The van der Waals surface area contributed by atoms with Crippen LogP contribution in [-0.2, 0) is 11.3 Å². The molecule has 2 aromatic heterocycles. The summed E-state index contributed by atoms with van der Waals surface area (Å²) < 4.78 is 1.77. The molecule has 0 bridgehead atoms. The highest BCUT2D eigenvalue weighted by atomic mass is 16.2. The molecule has 1 unspecified atom stereocenters. The van der Waals surface area contributed by atoms with E-state index in [1.807, 2.05) is 36.4 Å². The Balaban J connectivity index is 1.56. The number of rotatable bonds is 5. The van der Waals surface area contributed by atoms with Gasteiger partial charge in [-0.15, -0.1) is 0 Å². The highest BCUT2D eigenvalue weighted by Gasteiger charge is 2.27. The minimum atomic E-state index is -0.190. The van der Waals surface area contributed by atoms with Crippen LogP contribution >= 0.6 is 0 Å². The Morgan fingerprint density at radius 2 is 2.00 bits per heavy atom. The summed E-state index contributed by atoms with van der Waals surface area (Å²) >= 11 is 0. The molecule has 128 valence electrons. The molecule has 1 atom stereocenters. The second-order valence-electron chi connectivity index (χ2n) is 6.28. The first kappa shape index (κ1) is 16.6. The topological polar surface area (TPSA) is 54.3 Å². The lowest BCUT2D eigenvalue weighted by Gasteiger charge is -2.36. The summed E-state index contributed by atoms with van der Waals surface area (Å²) in [6.07, 6.45) is 6.20. The predicted molar refractivity (Wildman–Crippen MR) is 92.4 cm³/mol. The van der Waals surface area contributed by atoms with Crippen molar-refractivity contribution in [2.24, 2.45) is 0 Å². The molecule has 3 rings (SSSR count). The van der Waals surface area contributed by atoms with Gasteiger partial charge in [-0.3, -0.25) is 19.4 Å². The fourth-order valence-corrected chi connectivity index (χ4v) is 3.17. The molecule has 0 aromatic carbocycles. The van der Waals surface area contributed by atoms with Crippen LogP contribution in [0.25, 0.3) is 0 Å². The molecule has 6 heteroatoms. The molecule has 1 aliphatic rings. The summed E-state index contributed by atoms with van der Waals surface area (Å²) in [5.74, 6) is 0.176. The highest BCUT2D eigenvalue weighted by Crippen LogP contribution is 2.16. The Morgan fingerprint density at radius 3 is 2.62 bits per heavy atom. The zero-order valence-corrected chi connectivity index (χ0v) is 14.4. The Bertz CT molecular complexity index is 662. The van der Waals surface area contributed by atoms with Crippen LogP contribution < -0.4 is 0 Å². The smallest absolute Gasteiger partial charge is 0.247 e. The van der Waals surface area contributed by atoms with Gasteiger partial charge in [0.25, 0.3) is 0 Å². The predicted octanol–water partition coefficient (Wildman–Crippen LogP) is 1.88. The van der Waals surface area contributed by atoms with Gasteiger partial charge in [-0.2, -0.15) is 5.10 Å². The van der Waals surface area contributed by atoms with Crippen LogP contribution in [0.4, 0.5) is 0 Å². The number of amides is 1. The van der Waals surface area contributed by atoms with Gasteiger partial charge in [0.15, 0.2) is 0 Å². The maximum Gasteiger partial charge on any atom is 0.247 e. The van der Waals surface area contributed by atoms with E-state index >= 15 is 0 Å². The lowest BCUT2D eigenvalue weighted by atomic mass is 10.1. The van der Waals surface area contributed by atoms with Crippen LogP contribution in [0.15, 0.2) is 36.8 Å². The van der Waals surface area contributed by atoms with Crippen molar-refractivity contribution in [3.63, 3.8) is 0 Å². The average Bonchev–Trinajstić information content (AvgIpc) is 3.12. The molecule has 6 nitrogen and oxygen atoms in total. The number of hydrogen-bond acceptors (Lipinski definition) is 4. The SMILES string of the molecule is CCC(C(=O)N1CCN(Cc2ncccc2C)CC1)n1cccn1. The Morgan fingerprint density at radius 1 is 1.21 bits per heavy atom. The van der Waals surface area contributed by atoms with Crippen molar-refractivity contribution < 1.29 is 4.79 Å². The first-order valence-electron chi connectivity index (χ1n) is 8.59. The van der Waals surface area contributed by atoms with Crippen molar-refractivity contribution in [1.29, 1.82) is 0 Å². The average molecular weight is 327 g/mol. The standard InChI is InChI=1S/C18H25N5O/c1-3-17(23-9-5-8-20-23)18(24)22-12-10-21(11-13-22)14-16-15(2)6-4-7-19-16/h4-9,17H,3,10-14H2,1-2H3. The van der Waals surface area contributed by atoms with Crippen LogP contribution in [0.2, 0.25) is 0 Å². The molecular weight excluding hydrogens is 302 g/mol. The first-order chi connectivity index (χ1) is 11.7. The van der Waals surface area contributed by atoms with E-state index in [1.165, 1.54) is 5.56 Å². The van der Waals surface area contributed by atoms with E-state index in [0.717, 1.165) is 44.8 Å². The fourth-order valence-electron chi connectivity index (χ4n) is 3.17. The third-order valence-electron chi connectivity index (χ3n) is 4.69. The lowest BCUT2D eigenvalue weighted by Crippen LogP contribution is -2.50. The number of carbonyl (C=O) groups excluding carboxylic acids is 1. The third-order valence-corrected chi connectivity index (χ3v) is 4.69. The minimum absolute atomic E-state index is 0.176. The summed E-state index contributed by atoms with van der Waals surface area (Å²) in [5.41, 5.74) is 2.35. The van der Waals surface area contributed by atoms with Crippen LogP contribution in [0.3, 0.4) is 0 Å². The molecule has 3 heterocycles. The van der Waals surface area contributed by atoms with Crippen LogP contribution in [-0.4, -0.2) is 56.7 Å². The molecule has 1 amide bonds. The van der Waals surface area contributed by atoms with E-state index in [0.29, 0.717) is 0 Å². The molecule has 2 aromatic rings. The molecule has 0 radical (unpaired) electrons. The van der Waals surface area contributed by atoms with Crippen molar-refractivity contribution in [3.8, 4) is 0 Å². The van der Waals surface area contributed by atoms with Crippen LogP contribution in [0, 0.1) is 6.92 Å². The Hall–Kier alpha value is -2.21. The quantitative estimate of drug-likeness (QED) is 0.841. The van der Waals surface area contributed by atoms with E-state index in [2.05, 4.69) is 28.0 Å². The van der Waals surface area contributed by atoms with E-state index in [-0.39, 0.29) is 11.9 Å². The normalized spacial score (nSPS) is 17.0. The molecule has 1 aliphatic heterocycles. The Labute approximate surface area is 143 Å². The van der Waals surface area contributed by atoms with Gasteiger partial charge in [0.1, 0.15) is 6.04 Å². The molecule has 0 aliphatic carbocycles. The van der Waals surface area contributed by atoms with Gasteiger partial charge >= 0.3 is 0 Å². The maximum absolute atomic E-state index is 12.8. The summed E-state index contributed by atoms with van der Waals surface area (Å²) in [4.78, 5) is 21.6. The van der Waals surface area contributed by atoms with Gasteiger partial charge in [-0.25, -0.2) is 0 Å². The van der Waals surface area contributed by atoms with Crippen molar-refractivity contribution in [2.45, 2.75) is 32.9 Å². The zero-order valence-electron chi connectivity index (χ0n) is 14.4. The zero-order chi connectivity index (χ0) is 16.9. The monoisotopic (exact) mass is 327 g/mol. The number of hydrogen-bond donors (Lipinski definition) is 0. The highest BCUT2D eigenvalue weighted by molar-refractivity contribution is 5.80. The largest absolute Gasteiger partial charge is 0.338 e. The summed E-state index contributed by atoms with van der Waals surface area (Å²) in [7, 11) is 0. The summed E-state index contributed by atoms with van der Waals surface area (Å²) in [6.45, 7) is 8.28. The molecular formula is C18H25N5O. The van der Waals surface area contributed by atoms with E-state index < -0.39 is 0 Å². The molecule has 1 saturated heterocycles. The number of nitrogens with zero attached hydrogens (tertiary/aromatic N) is 5. The van der Waals surface area contributed by atoms with Crippen LogP contribution in [0.5, 0.6) is 0 Å². The minimum Gasteiger partial charge on any atom is -0.338 e. The van der Waals surface area contributed by atoms with E-state index in [9.17, 15) is 4.79 Å². The number of aryl methyl sites for hydroxylation is 1. The summed E-state index contributed by atoms with van der Waals surface area (Å²) in [6, 6.07) is 5.74.